The zero-order chi connectivity index (χ0) is 20.1. The summed E-state index contributed by atoms with van der Waals surface area (Å²) in [5.74, 6) is 0.794. The first-order valence-corrected chi connectivity index (χ1v) is 9.90. The van der Waals surface area contributed by atoms with Gasteiger partial charge in [0, 0.05) is 30.2 Å². The van der Waals surface area contributed by atoms with E-state index >= 15 is 0 Å². The Labute approximate surface area is 174 Å². The normalized spacial score (nSPS) is 15.6. The maximum absolute atomic E-state index is 9.49. The highest BCUT2D eigenvalue weighted by Crippen LogP contribution is 2.30. The minimum absolute atomic E-state index is 0.0180. The van der Waals surface area contributed by atoms with Crippen LogP contribution in [0.4, 0.5) is 5.88 Å². The van der Waals surface area contributed by atoms with Gasteiger partial charge in [-0.2, -0.15) is 10.2 Å². The van der Waals surface area contributed by atoms with Gasteiger partial charge in [0.05, 0.1) is 19.3 Å². The van der Waals surface area contributed by atoms with Crippen LogP contribution in [-0.4, -0.2) is 42.7 Å². The van der Waals surface area contributed by atoms with E-state index in [9.17, 15) is 5.26 Å². The molecule has 1 atom stereocenters. The van der Waals surface area contributed by atoms with Crippen molar-refractivity contribution in [3.05, 3.63) is 70.9 Å². The summed E-state index contributed by atoms with van der Waals surface area (Å²) in [6.07, 6.45) is 0. The van der Waals surface area contributed by atoms with Crippen LogP contribution in [-0.2, 0) is 4.74 Å². The monoisotopic (exact) mass is 408 g/mol. The van der Waals surface area contributed by atoms with Crippen LogP contribution < -0.4 is 5.32 Å². The van der Waals surface area contributed by atoms with Crippen molar-refractivity contribution < 1.29 is 9.15 Å². The molecule has 1 saturated heterocycles. The number of rotatable bonds is 6. The molecule has 1 unspecified atom stereocenters. The highest BCUT2D eigenvalue weighted by Gasteiger charge is 2.25. The lowest BCUT2D eigenvalue weighted by Gasteiger charge is -2.35. The minimum atomic E-state index is 0.0180. The van der Waals surface area contributed by atoms with E-state index in [0.29, 0.717) is 36.6 Å². The van der Waals surface area contributed by atoms with Crippen LogP contribution >= 0.6 is 11.6 Å². The summed E-state index contributed by atoms with van der Waals surface area (Å²) >= 11 is 6.49. The molecule has 2 heterocycles. The standard InChI is InChI=1S/C22H21ClN4O2/c23-18-9-5-4-8-17(18)20(27-10-12-28-13-11-27)15-25-22-19(14-24)26-21(29-22)16-6-2-1-3-7-16/h1-9,20,25H,10-13,15H2. The third-order valence-electron chi connectivity index (χ3n) is 4.96. The van der Waals surface area contributed by atoms with Crippen molar-refractivity contribution in [1.29, 1.82) is 5.26 Å². The number of oxazole rings is 1. The lowest BCUT2D eigenvalue weighted by Crippen LogP contribution is -2.41. The molecule has 0 saturated carbocycles. The maximum atomic E-state index is 9.49. The largest absolute Gasteiger partial charge is 0.419 e. The van der Waals surface area contributed by atoms with Gasteiger partial charge in [0.2, 0.25) is 17.5 Å². The van der Waals surface area contributed by atoms with Crippen molar-refractivity contribution in [2.45, 2.75) is 6.04 Å². The summed E-state index contributed by atoms with van der Waals surface area (Å²) in [5, 5.41) is 13.5. The third-order valence-corrected chi connectivity index (χ3v) is 5.30. The molecule has 1 aliphatic rings. The average molecular weight is 409 g/mol. The molecule has 1 fully saturated rings. The number of aromatic nitrogens is 1. The van der Waals surface area contributed by atoms with Crippen LogP contribution in [0.2, 0.25) is 5.02 Å². The molecule has 1 aromatic heterocycles. The predicted octanol–water partition coefficient (Wildman–Crippen LogP) is 4.35. The number of benzene rings is 2. The second-order valence-corrected chi connectivity index (χ2v) is 7.15. The number of nitrogens with zero attached hydrogens (tertiary/aromatic N) is 3. The highest BCUT2D eigenvalue weighted by molar-refractivity contribution is 6.31. The number of nitrogens with one attached hydrogen (secondary N) is 1. The van der Waals surface area contributed by atoms with E-state index in [1.807, 2.05) is 54.6 Å². The second-order valence-electron chi connectivity index (χ2n) is 6.74. The van der Waals surface area contributed by atoms with Gasteiger partial charge in [-0.05, 0) is 23.8 Å². The zero-order valence-corrected chi connectivity index (χ0v) is 16.6. The fourth-order valence-electron chi connectivity index (χ4n) is 3.48. The highest BCUT2D eigenvalue weighted by atomic mass is 35.5. The lowest BCUT2D eigenvalue weighted by molar-refractivity contribution is 0.0186. The number of halogens is 1. The van der Waals surface area contributed by atoms with E-state index in [0.717, 1.165) is 24.2 Å². The quantitative estimate of drug-likeness (QED) is 0.653. The Bertz CT molecular complexity index is 994. The molecule has 0 spiro atoms. The van der Waals surface area contributed by atoms with Crippen molar-refractivity contribution in [3.8, 4) is 17.5 Å². The number of hydrogen-bond donors (Lipinski definition) is 1. The van der Waals surface area contributed by atoms with E-state index in [2.05, 4.69) is 21.3 Å². The Kier molecular flexibility index (Phi) is 6.11. The molecule has 1 aliphatic heterocycles. The fraction of sp³-hybridized carbons (Fsp3) is 0.273. The van der Waals surface area contributed by atoms with E-state index in [1.165, 1.54) is 0 Å². The van der Waals surface area contributed by atoms with Crippen molar-refractivity contribution in [2.75, 3.05) is 38.2 Å². The van der Waals surface area contributed by atoms with Gasteiger partial charge in [-0.25, -0.2) is 0 Å². The van der Waals surface area contributed by atoms with E-state index in [-0.39, 0.29) is 11.7 Å². The molecule has 29 heavy (non-hydrogen) atoms. The molecular formula is C22H21ClN4O2. The van der Waals surface area contributed by atoms with Gasteiger partial charge in [0.25, 0.3) is 0 Å². The van der Waals surface area contributed by atoms with Crippen LogP contribution in [0.5, 0.6) is 0 Å². The number of morpholine rings is 1. The summed E-state index contributed by atoms with van der Waals surface area (Å²) in [5.41, 5.74) is 2.10. The van der Waals surface area contributed by atoms with Gasteiger partial charge in [-0.3, -0.25) is 4.90 Å². The molecule has 6 nitrogen and oxygen atoms in total. The summed E-state index contributed by atoms with van der Waals surface area (Å²) in [6, 6.07) is 19.5. The van der Waals surface area contributed by atoms with Crippen LogP contribution in [0.25, 0.3) is 11.5 Å². The maximum Gasteiger partial charge on any atom is 0.232 e. The molecule has 4 rings (SSSR count). The topological polar surface area (TPSA) is 74.3 Å². The molecular weight excluding hydrogens is 388 g/mol. The van der Waals surface area contributed by atoms with E-state index < -0.39 is 0 Å². The van der Waals surface area contributed by atoms with Crippen molar-refractivity contribution in [2.24, 2.45) is 0 Å². The van der Waals surface area contributed by atoms with Crippen LogP contribution in [0, 0.1) is 11.3 Å². The Hall–Kier alpha value is -2.85. The number of ether oxygens (including phenoxy) is 1. The van der Waals surface area contributed by atoms with Gasteiger partial charge >= 0.3 is 0 Å². The average Bonchev–Trinajstić information content (AvgIpc) is 3.20. The number of hydrogen-bond acceptors (Lipinski definition) is 6. The van der Waals surface area contributed by atoms with Crippen LogP contribution in [0.15, 0.2) is 59.0 Å². The summed E-state index contributed by atoms with van der Waals surface area (Å²) in [7, 11) is 0. The molecule has 7 heteroatoms. The Morgan fingerprint density at radius 3 is 2.55 bits per heavy atom. The van der Waals surface area contributed by atoms with Crippen molar-refractivity contribution in [3.63, 3.8) is 0 Å². The zero-order valence-electron chi connectivity index (χ0n) is 15.8. The molecule has 1 N–H and O–H groups in total. The third kappa shape index (κ3) is 4.43. The molecule has 0 aliphatic carbocycles. The Balaban J connectivity index is 1.58. The van der Waals surface area contributed by atoms with E-state index in [4.69, 9.17) is 20.8 Å². The summed E-state index contributed by atoms with van der Waals surface area (Å²) < 4.78 is 11.4. The second kappa shape index (κ2) is 9.10. The van der Waals surface area contributed by atoms with Gasteiger partial charge in [-0.1, -0.05) is 48.0 Å². The lowest BCUT2D eigenvalue weighted by atomic mass is 10.0. The van der Waals surface area contributed by atoms with E-state index in [1.54, 1.807) is 0 Å². The summed E-state index contributed by atoms with van der Waals surface area (Å²) in [6.45, 7) is 3.53. The van der Waals surface area contributed by atoms with Gasteiger partial charge in [-0.15, -0.1) is 0 Å². The van der Waals surface area contributed by atoms with Gasteiger partial charge in [0.15, 0.2) is 0 Å². The molecule has 0 radical (unpaired) electrons. The smallest absolute Gasteiger partial charge is 0.232 e. The molecule has 3 aromatic rings. The fourth-order valence-corrected chi connectivity index (χ4v) is 3.74. The molecule has 2 aromatic carbocycles. The van der Waals surface area contributed by atoms with Crippen molar-refractivity contribution >= 4 is 17.5 Å². The van der Waals surface area contributed by atoms with Gasteiger partial charge in [0.1, 0.15) is 6.07 Å². The predicted molar refractivity (Wildman–Crippen MR) is 112 cm³/mol. The Morgan fingerprint density at radius 2 is 1.83 bits per heavy atom. The number of nitriles is 1. The first-order chi connectivity index (χ1) is 14.3. The SMILES string of the molecule is N#Cc1nc(-c2ccccc2)oc1NCC(c1ccccc1Cl)N1CCOCC1. The first-order valence-electron chi connectivity index (χ1n) is 9.52. The molecule has 0 amide bonds. The number of anilines is 1. The molecule has 0 bridgehead atoms. The van der Waals surface area contributed by atoms with Crippen LogP contribution in [0.1, 0.15) is 17.3 Å². The Morgan fingerprint density at radius 1 is 1.10 bits per heavy atom. The minimum Gasteiger partial charge on any atom is -0.419 e. The molecule has 148 valence electrons. The first kappa shape index (κ1) is 19.5. The van der Waals surface area contributed by atoms with Crippen molar-refractivity contribution in [1.82, 2.24) is 9.88 Å². The van der Waals surface area contributed by atoms with Crippen LogP contribution in [0.3, 0.4) is 0 Å². The summed E-state index contributed by atoms with van der Waals surface area (Å²) in [4.78, 5) is 6.66. The van der Waals surface area contributed by atoms with Gasteiger partial charge < -0.3 is 14.5 Å².